The molecular formula is C22H32F3IN4O. The highest BCUT2D eigenvalue weighted by atomic mass is 127. The molecule has 9 heteroatoms. The van der Waals surface area contributed by atoms with Gasteiger partial charge in [0, 0.05) is 39.1 Å². The minimum atomic E-state index is -4.13. The fraction of sp³-hybridized carbons (Fsp3) is 0.636. The van der Waals surface area contributed by atoms with Crippen LogP contribution in [0.5, 0.6) is 0 Å². The molecule has 2 N–H and O–H groups in total. The van der Waals surface area contributed by atoms with E-state index in [9.17, 15) is 18.0 Å². The molecule has 1 aliphatic heterocycles. The number of alkyl halides is 3. The molecule has 3 rings (SSSR count). The lowest BCUT2D eigenvalue weighted by Crippen LogP contribution is -2.47. The van der Waals surface area contributed by atoms with Crippen LogP contribution in [0.2, 0.25) is 0 Å². The molecule has 0 radical (unpaired) electrons. The summed E-state index contributed by atoms with van der Waals surface area (Å²) < 4.78 is 39.0. The van der Waals surface area contributed by atoms with E-state index in [-0.39, 0.29) is 48.8 Å². The third kappa shape index (κ3) is 7.54. The molecule has 2 aliphatic rings. The zero-order chi connectivity index (χ0) is 21.6. The van der Waals surface area contributed by atoms with Crippen LogP contribution in [0.3, 0.4) is 0 Å². The summed E-state index contributed by atoms with van der Waals surface area (Å²) in [5.74, 6) is -0.606. The highest BCUT2D eigenvalue weighted by Crippen LogP contribution is 2.37. The van der Waals surface area contributed by atoms with E-state index in [1.54, 1.807) is 7.05 Å². The highest BCUT2D eigenvalue weighted by Gasteiger charge is 2.42. The SMILES string of the molecule is CN=C(NCCCC(=O)N1CCc2ccccc2C1)NC1CCCC(C(F)(F)F)C1.I. The Morgan fingerprint density at radius 3 is 2.68 bits per heavy atom. The number of benzene rings is 1. The number of guanidine groups is 1. The molecule has 1 aromatic carbocycles. The van der Waals surface area contributed by atoms with Gasteiger partial charge in [0.05, 0.1) is 5.92 Å². The van der Waals surface area contributed by atoms with Gasteiger partial charge in [-0.1, -0.05) is 30.7 Å². The van der Waals surface area contributed by atoms with Gasteiger partial charge in [0.2, 0.25) is 5.91 Å². The molecule has 1 heterocycles. The molecule has 174 valence electrons. The zero-order valence-corrected chi connectivity index (χ0v) is 20.2. The van der Waals surface area contributed by atoms with Gasteiger partial charge in [-0.15, -0.1) is 24.0 Å². The van der Waals surface area contributed by atoms with Crippen molar-refractivity contribution in [3.05, 3.63) is 35.4 Å². The van der Waals surface area contributed by atoms with Crippen LogP contribution in [-0.4, -0.2) is 49.1 Å². The van der Waals surface area contributed by atoms with Gasteiger partial charge in [-0.2, -0.15) is 13.2 Å². The molecule has 1 aromatic rings. The fourth-order valence-corrected chi connectivity index (χ4v) is 4.32. The molecule has 0 bridgehead atoms. The van der Waals surface area contributed by atoms with Gasteiger partial charge in [-0.3, -0.25) is 9.79 Å². The molecule has 2 atom stereocenters. The van der Waals surface area contributed by atoms with Crippen LogP contribution in [-0.2, 0) is 17.8 Å². The molecule has 0 aromatic heterocycles. The number of rotatable bonds is 5. The van der Waals surface area contributed by atoms with Crippen molar-refractivity contribution in [2.24, 2.45) is 10.9 Å². The van der Waals surface area contributed by atoms with Gasteiger partial charge in [0.25, 0.3) is 0 Å². The maximum absolute atomic E-state index is 13.0. The van der Waals surface area contributed by atoms with Crippen molar-refractivity contribution in [1.82, 2.24) is 15.5 Å². The fourth-order valence-electron chi connectivity index (χ4n) is 4.32. The number of hydrogen-bond donors (Lipinski definition) is 2. The predicted octanol–water partition coefficient (Wildman–Crippen LogP) is 4.26. The van der Waals surface area contributed by atoms with Gasteiger partial charge in [-0.25, -0.2) is 0 Å². The van der Waals surface area contributed by atoms with Crippen LogP contribution >= 0.6 is 24.0 Å². The Balaban J connectivity index is 0.00000341. The molecule has 2 unspecified atom stereocenters. The largest absolute Gasteiger partial charge is 0.391 e. The first-order chi connectivity index (χ1) is 14.4. The second-order valence-electron chi connectivity index (χ2n) is 8.18. The van der Waals surface area contributed by atoms with Crippen LogP contribution in [0.15, 0.2) is 29.3 Å². The van der Waals surface area contributed by atoms with Crippen molar-refractivity contribution in [2.75, 3.05) is 20.1 Å². The summed E-state index contributed by atoms with van der Waals surface area (Å²) in [6.45, 7) is 1.95. The number of aliphatic imine (C=N–C) groups is 1. The van der Waals surface area contributed by atoms with Gasteiger partial charge < -0.3 is 15.5 Å². The Morgan fingerprint density at radius 2 is 1.97 bits per heavy atom. The monoisotopic (exact) mass is 552 g/mol. The Kier molecular flexibility index (Phi) is 9.90. The lowest BCUT2D eigenvalue weighted by atomic mass is 9.85. The number of carbonyl (C=O) groups excluding carboxylic acids is 1. The topological polar surface area (TPSA) is 56.7 Å². The van der Waals surface area contributed by atoms with Crippen LogP contribution in [0.4, 0.5) is 13.2 Å². The first-order valence-corrected chi connectivity index (χ1v) is 10.7. The molecule has 0 spiro atoms. The van der Waals surface area contributed by atoms with Gasteiger partial charge in [-0.05, 0) is 43.2 Å². The molecule has 0 saturated heterocycles. The van der Waals surface area contributed by atoms with E-state index in [0.717, 1.165) is 13.0 Å². The van der Waals surface area contributed by atoms with Crippen LogP contribution in [0.25, 0.3) is 0 Å². The lowest BCUT2D eigenvalue weighted by Gasteiger charge is -2.32. The van der Waals surface area contributed by atoms with Crippen LogP contribution < -0.4 is 10.6 Å². The molecule has 1 fully saturated rings. The van der Waals surface area contributed by atoms with Crippen molar-refractivity contribution < 1.29 is 18.0 Å². The molecule has 1 aliphatic carbocycles. The van der Waals surface area contributed by atoms with E-state index < -0.39 is 12.1 Å². The minimum absolute atomic E-state index is 0. The summed E-state index contributed by atoms with van der Waals surface area (Å²) in [5, 5.41) is 6.24. The summed E-state index contributed by atoms with van der Waals surface area (Å²) >= 11 is 0. The average molecular weight is 552 g/mol. The van der Waals surface area contributed by atoms with E-state index >= 15 is 0 Å². The Labute approximate surface area is 199 Å². The third-order valence-corrected chi connectivity index (χ3v) is 6.04. The van der Waals surface area contributed by atoms with E-state index in [1.165, 1.54) is 11.1 Å². The second kappa shape index (κ2) is 11.9. The number of nitrogens with one attached hydrogen (secondary N) is 2. The molecule has 1 amide bonds. The summed E-state index contributed by atoms with van der Waals surface area (Å²) in [7, 11) is 1.61. The zero-order valence-electron chi connectivity index (χ0n) is 17.9. The molecule has 31 heavy (non-hydrogen) atoms. The van der Waals surface area contributed by atoms with Gasteiger partial charge in [0.15, 0.2) is 5.96 Å². The summed E-state index contributed by atoms with van der Waals surface area (Å²) in [4.78, 5) is 18.5. The first-order valence-electron chi connectivity index (χ1n) is 10.7. The average Bonchev–Trinajstić information content (AvgIpc) is 2.75. The number of halogens is 4. The minimum Gasteiger partial charge on any atom is -0.356 e. The molecule has 1 saturated carbocycles. The number of amides is 1. The van der Waals surface area contributed by atoms with E-state index in [1.807, 2.05) is 17.0 Å². The standard InChI is InChI=1S/C22H31F3N4O.HI/c1-26-21(28-19-9-4-8-18(14-19)22(23,24)25)27-12-5-10-20(30)29-13-11-16-6-2-3-7-17(16)15-29;/h2-3,6-7,18-19H,4-5,8-15H2,1H3,(H2,26,27,28);1H. The lowest BCUT2D eigenvalue weighted by molar-refractivity contribution is -0.183. The predicted molar refractivity (Wildman–Crippen MR) is 127 cm³/mol. The third-order valence-electron chi connectivity index (χ3n) is 6.04. The smallest absolute Gasteiger partial charge is 0.356 e. The van der Waals surface area contributed by atoms with Gasteiger partial charge in [0.1, 0.15) is 0 Å². The highest BCUT2D eigenvalue weighted by molar-refractivity contribution is 14.0. The Bertz CT molecular complexity index is 757. The normalized spacial score (nSPS) is 21.7. The van der Waals surface area contributed by atoms with Crippen LogP contribution in [0.1, 0.15) is 49.7 Å². The maximum atomic E-state index is 13.0. The summed E-state index contributed by atoms with van der Waals surface area (Å²) in [5.41, 5.74) is 2.53. The molecule has 5 nitrogen and oxygen atoms in total. The number of nitrogens with zero attached hydrogens (tertiary/aromatic N) is 2. The summed E-state index contributed by atoms with van der Waals surface area (Å²) in [6, 6.07) is 7.98. The molecular weight excluding hydrogens is 520 g/mol. The van der Waals surface area contributed by atoms with Crippen molar-refractivity contribution in [1.29, 1.82) is 0 Å². The number of hydrogen-bond acceptors (Lipinski definition) is 2. The first kappa shape index (κ1) is 25.7. The Morgan fingerprint density at radius 1 is 1.23 bits per heavy atom. The maximum Gasteiger partial charge on any atom is 0.391 e. The summed E-state index contributed by atoms with van der Waals surface area (Å²) in [6.07, 6.45) is -0.604. The van der Waals surface area contributed by atoms with E-state index in [2.05, 4.69) is 27.8 Å². The van der Waals surface area contributed by atoms with Crippen LogP contribution in [0, 0.1) is 5.92 Å². The van der Waals surface area contributed by atoms with E-state index in [4.69, 9.17) is 0 Å². The van der Waals surface area contributed by atoms with Crippen molar-refractivity contribution in [3.8, 4) is 0 Å². The van der Waals surface area contributed by atoms with Gasteiger partial charge >= 0.3 is 6.18 Å². The Hall–Kier alpha value is -1.52. The number of carbonyl (C=O) groups is 1. The van der Waals surface area contributed by atoms with Crippen molar-refractivity contribution >= 4 is 35.8 Å². The second-order valence-corrected chi connectivity index (χ2v) is 8.18. The van der Waals surface area contributed by atoms with Crippen molar-refractivity contribution in [2.45, 2.75) is 63.7 Å². The van der Waals surface area contributed by atoms with E-state index in [0.29, 0.717) is 44.7 Å². The number of fused-ring (bicyclic) bond motifs is 1. The quantitative estimate of drug-likeness (QED) is 0.249. The van der Waals surface area contributed by atoms with Crippen molar-refractivity contribution in [3.63, 3.8) is 0 Å².